The van der Waals surface area contributed by atoms with Gasteiger partial charge in [0.1, 0.15) is 23.9 Å². The molecule has 3 aromatic rings. The summed E-state index contributed by atoms with van der Waals surface area (Å²) in [5, 5.41) is 36.2. The largest absolute Gasteiger partial charge is 0.508 e. The Balaban J connectivity index is 1.71. The van der Waals surface area contributed by atoms with Gasteiger partial charge in [0.25, 0.3) is 0 Å². The molecule has 1 aromatic heterocycles. The van der Waals surface area contributed by atoms with Crippen LogP contribution in [0, 0.1) is 0 Å². The molecule has 4 atom stereocenters. The van der Waals surface area contributed by atoms with Crippen molar-refractivity contribution in [3.63, 3.8) is 0 Å². The fourth-order valence-corrected chi connectivity index (χ4v) is 3.87. The summed E-state index contributed by atoms with van der Waals surface area (Å²) in [5.74, 6) is -3.66. The Hall–Kier alpha value is -4.75. The van der Waals surface area contributed by atoms with Gasteiger partial charge in [-0.2, -0.15) is 0 Å². The molecule has 4 unspecified atom stereocenters. The van der Waals surface area contributed by atoms with Gasteiger partial charge in [-0.1, -0.05) is 42.5 Å². The van der Waals surface area contributed by atoms with Crippen LogP contribution in [-0.4, -0.2) is 79.8 Å². The molecule has 9 N–H and O–H groups in total. The summed E-state index contributed by atoms with van der Waals surface area (Å²) in [6, 6.07) is 10.00. The molecule has 13 heteroatoms. The molecule has 2 aromatic carbocycles. The van der Waals surface area contributed by atoms with E-state index >= 15 is 0 Å². The summed E-state index contributed by atoms with van der Waals surface area (Å²) < 4.78 is 0. The fourth-order valence-electron chi connectivity index (χ4n) is 3.87. The van der Waals surface area contributed by atoms with E-state index in [-0.39, 0.29) is 25.0 Å². The number of hydrogen-bond donors (Lipinski definition) is 8. The normalized spacial score (nSPS) is 13.8. The minimum Gasteiger partial charge on any atom is -0.508 e. The first-order chi connectivity index (χ1) is 19.2. The lowest BCUT2D eigenvalue weighted by Gasteiger charge is -2.24. The maximum absolute atomic E-state index is 13.2. The highest BCUT2D eigenvalue weighted by atomic mass is 16.4. The summed E-state index contributed by atoms with van der Waals surface area (Å²) in [7, 11) is 0. The van der Waals surface area contributed by atoms with Crippen LogP contribution in [-0.2, 0) is 38.4 Å². The molecule has 0 saturated carbocycles. The number of aromatic nitrogens is 2. The second-order valence-corrected chi connectivity index (χ2v) is 9.15. The van der Waals surface area contributed by atoms with Crippen LogP contribution in [0.2, 0.25) is 0 Å². The SMILES string of the molecule is NC(Cc1ccccc1)C(=O)NC(Cc1ccc(O)cc1)C(=O)NC(CO)C(=O)NC(Cc1cnc[nH]1)C(=O)O. The van der Waals surface area contributed by atoms with Gasteiger partial charge in [-0.25, -0.2) is 9.78 Å². The van der Waals surface area contributed by atoms with Crippen LogP contribution in [0.4, 0.5) is 0 Å². The number of aromatic amines is 1. The van der Waals surface area contributed by atoms with Crippen LogP contribution in [0.25, 0.3) is 0 Å². The zero-order chi connectivity index (χ0) is 29.1. The third-order valence-corrected chi connectivity index (χ3v) is 6.05. The van der Waals surface area contributed by atoms with Gasteiger partial charge in [0.15, 0.2) is 0 Å². The number of hydrogen-bond acceptors (Lipinski definition) is 8. The molecule has 13 nitrogen and oxygen atoms in total. The van der Waals surface area contributed by atoms with Crippen molar-refractivity contribution < 1.29 is 34.5 Å². The number of rotatable bonds is 14. The van der Waals surface area contributed by atoms with Gasteiger partial charge in [-0.3, -0.25) is 14.4 Å². The molecular weight excluding hydrogens is 520 g/mol. The highest BCUT2D eigenvalue weighted by molar-refractivity contribution is 5.94. The van der Waals surface area contributed by atoms with Gasteiger partial charge >= 0.3 is 5.97 Å². The van der Waals surface area contributed by atoms with Crippen molar-refractivity contribution in [3.05, 3.63) is 83.9 Å². The third kappa shape index (κ3) is 8.92. The van der Waals surface area contributed by atoms with E-state index in [4.69, 9.17) is 5.73 Å². The zero-order valence-corrected chi connectivity index (χ0v) is 21.5. The second-order valence-electron chi connectivity index (χ2n) is 9.15. The lowest BCUT2D eigenvalue weighted by Crippen LogP contribution is -2.58. The molecule has 1 heterocycles. The number of carboxylic acid groups (broad SMARTS) is 1. The first-order valence-corrected chi connectivity index (χ1v) is 12.5. The van der Waals surface area contributed by atoms with Crippen molar-refractivity contribution in [2.45, 2.75) is 43.4 Å². The number of aliphatic carboxylic acids is 1. The van der Waals surface area contributed by atoms with E-state index < -0.39 is 54.5 Å². The van der Waals surface area contributed by atoms with E-state index in [0.29, 0.717) is 11.3 Å². The molecule has 0 aliphatic carbocycles. The van der Waals surface area contributed by atoms with Crippen molar-refractivity contribution in [1.82, 2.24) is 25.9 Å². The number of nitrogens with one attached hydrogen (secondary N) is 4. The standard InChI is InChI=1S/C27H32N6O7/c28-20(10-16-4-2-1-3-5-16)24(36)31-21(11-17-6-8-19(35)9-7-17)25(37)33-23(14-34)26(38)32-22(27(39)40)12-18-13-29-15-30-18/h1-9,13,15,20-23,34-35H,10-12,14,28H2,(H,29,30)(H,31,36)(H,32,38)(H,33,37)(H,39,40). The summed E-state index contributed by atoms with van der Waals surface area (Å²) in [6.07, 6.45) is 2.86. The van der Waals surface area contributed by atoms with Gasteiger partial charge in [0.05, 0.1) is 19.0 Å². The smallest absolute Gasteiger partial charge is 0.326 e. The van der Waals surface area contributed by atoms with Crippen molar-refractivity contribution in [2.75, 3.05) is 6.61 Å². The van der Waals surface area contributed by atoms with E-state index in [1.807, 2.05) is 30.3 Å². The molecule has 3 amide bonds. The Morgan fingerprint density at radius 1 is 0.800 bits per heavy atom. The number of nitrogens with zero attached hydrogens (tertiary/aromatic N) is 1. The first kappa shape index (κ1) is 29.8. The van der Waals surface area contributed by atoms with Crippen LogP contribution in [0.1, 0.15) is 16.8 Å². The zero-order valence-electron chi connectivity index (χ0n) is 21.5. The molecule has 0 saturated heterocycles. The number of phenols is 1. The van der Waals surface area contributed by atoms with Crippen LogP contribution in [0.5, 0.6) is 5.75 Å². The Morgan fingerprint density at radius 2 is 1.40 bits per heavy atom. The minimum absolute atomic E-state index is 0.0128. The molecule has 212 valence electrons. The molecule has 0 spiro atoms. The molecule has 0 bridgehead atoms. The molecular formula is C27H32N6O7. The van der Waals surface area contributed by atoms with Crippen LogP contribution in [0.3, 0.4) is 0 Å². The lowest BCUT2D eigenvalue weighted by molar-refractivity contribution is -0.142. The summed E-state index contributed by atoms with van der Waals surface area (Å²) in [6.45, 7) is -0.832. The summed E-state index contributed by atoms with van der Waals surface area (Å²) >= 11 is 0. The van der Waals surface area contributed by atoms with Crippen molar-refractivity contribution in [2.24, 2.45) is 5.73 Å². The average molecular weight is 553 g/mol. The number of amides is 3. The number of aromatic hydroxyl groups is 1. The molecule has 0 radical (unpaired) electrons. The number of imidazole rings is 1. The molecule has 40 heavy (non-hydrogen) atoms. The highest BCUT2D eigenvalue weighted by Crippen LogP contribution is 2.12. The predicted molar refractivity (Wildman–Crippen MR) is 143 cm³/mol. The van der Waals surface area contributed by atoms with E-state index in [1.54, 1.807) is 12.1 Å². The number of H-pyrrole nitrogens is 1. The van der Waals surface area contributed by atoms with Crippen LogP contribution >= 0.6 is 0 Å². The number of carbonyl (C=O) groups excluding carboxylic acids is 3. The van der Waals surface area contributed by atoms with E-state index in [0.717, 1.165) is 5.56 Å². The maximum atomic E-state index is 13.2. The number of nitrogens with two attached hydrogens (primary N) is 1. The fraction of sp³-hybridized carbons (Fsp3) is 0.296. The summed E-state index contributed by atoms with van der Waals surface area (Å²) in [4.78, 5) is 57.2. The Bertz CT molecular complexity index is 1270. The Labute approximate surface area is 229 Å². The van der Waals surface area contributed by atoms with E-state index in [2.05, 4.69) is 25.9 Å². The predicted octanol–water partition coefficient (Wildman–Crippen LogP) is -0.998. The molecule has 0 aliphatic rings. The quantitative estimate of drug-likeness (QED) is 0.123. The number of aliphatic hydroxyl groups is 1. The molecule has 0 fully saturated rings. The third-order valence-electron chi connectivity index (χ3n) is 6.05. The van der Waals surface area contributed by atoms with E-state index in [9.17, 15) is 34.5 Å². The van der Waals surface area contributed by atoms with Crippen molar-refractivity contribution >= 4 is 23.7 Å². The van der Waals surface area contributed by atoms with Gasteiger partial charge in [0, 0.05) is 24.7 Å². The van der Waals surface area contributed by atoms with Gasteiger partial charge in [-0.05, 0) is 29.7 Å². The Kier molecular flexibility index (Phi) is 10.7. The second kappa shape index (κ2) is 14.4. The number of carbonyl (C=O) groups is 4. The van der Waals surface area contributed by atoms with Crippen molar-refractivity contribution in [1.29, 1.82) is 0 Å². The monoisotopic (exact) mass is 552 g/mol. The lowest BCUT2D eigenvalue weighted by atomic mass is 10.0. The van der Waals surface area contributed by atoms with Crippen molar-refractivity contribution in [3.8, 4) is 5.75 Å². The van der Waals surface area contributed by atoms with Crippen LogP contribution < -0.4 is 21.7 Å². The topological polar surface area (TPSA) is 220 Å². The van der Waals surface area contributed by atoms with Gasteiger partial charge < -0.3 is 42.0 Å². The van der Waals surface area contributed by atoms with Gasteiger partial charge in [0.2, 0.25) is 17.7 Å². The maximum Gasteiger partial charge on any atom is 0.326 e. The van der Waals surface area contributed by atoms with Crippen LogP contribution in [0.15, 0.2) is 67.1 Å². The number of benzene rings is 2. The highest BCUT2D eigenvalue weighted by Gasteiger charge is 2.30. The first-order valence-electron chi connectivity index (χ1n) is 12.5. The molecule has 0 aliphatic heterocycles. The van der Waals surface area contributed by atoms with E-state index in [1.165, 1.54) is 24.7 Å². The minimum atomic E-state index is -1.51. The number of aliphatic hydroxyl groups excluding tert-OH is 1. The molecule has 3 rings (SSSR count). The number of carboxylic acids is 1. The summed E-state index contributed by atoms with van der Waals surface area (Å²) in [5.41, 5.74) is 7.95. The number of phenolic OH excluding ortho intramolecular Hbond substituents is 1. The average Bonchev–Trinajstić information content (AvgIpc) is 3.45. The van der Waals surface area contributed by atoms with Gasteiger partial charge in [-0.15, -0.1) is 0 Å². The Morgan fingerprint density at radius 3 is 2.00 bits per heavy atom.